The number of carbonyl (C=O) groups is 2. The minimum atomic E-state index is -0.993. The SMILES string of the molecule is CCC[C@@H](NC(=O)c1cccn1C(C)C)C(=O)O. The number of carboxylic acids is 1. The van der Waals surface area contributed by atoms with Gasteiger partial charge in [0, 0.05) is 12.2 Å². The number of carbonyl (C=O) groups excluding carboxylic acids is 1. The molecule has 5 nitrogen and oxygen atoms in total. The third kappa shape index (κ3) is 3.35. The van der Waals surface area contributed by atoms with Gasteiger partial charge in [0.05, 0.1) is 0 Å². The lowest BCUT2D eigenvalue weighted by atomic mass is 10.1. The molecule has 18 heavy (non-hydrogen) atoms. The van der Waals surface area contributed by atoms with Crippen LogP contribution in [0, 0.1) is 0 Å². The number of amides is 1. The van der Waals surface area contributed by atoms with Crippen LogP contribution in [0.4, 0.5) is 0 Å². The Balaban J connectivity index is 2.80. The maximum atomic E-state index is 12.0. The average molecular weight is 252 g/mol. The molecule has 0 bridgehead atoms. The molecule has 1 rings (SSSR count). The summed E-state index contributed by atoms with van der Waals surface area (Å²) in [5.41, 5.74) is 0.493. The molecule has 0 aliphatic heterocycles. The number of aromatic nitrogens is 1. The van der Waals surface area contributed by atoms with Crippen molar-refractivity contribution in [2.24, 2.45) is 0 Å². The van der Waals surface area contributed by atoms with Crippen LogP contribution < -0.4 is 5.32 Å². The van der Waals surface area contributed by atoms with Gasteiger partial charge in [-0.05, 0) is 32.4 Å². The molecule has 100 valence electrons. The van der Waals surface area contributed by atoms with E-state index in [2.05, 4.69) is 5.32 Å². The molecule has 1 amide bonds. The van der Waals surface area contributed by atoms with Crippen LogP contribution >= 0.6 is 0 Å². The van der Waals surface area contributed by atoms with Crippen LogP contribution in [0.25, 0.3) is 0 Å². The highest BCUT2D eigenvalue weighted by atomic mass is 16.4. The van der Waals surface area contributed by atoms with Crippen molar-refractivity contribution in [3.8, 4) is 0 Å². The highest BCUT2D eigenvalue weighted by Gasteiger charge is 2.21. The Labute approximate surface area is 107 Å². The zero-order chi connectivity index (χ0) is 13.7. The number of rotatable bonds is 6. The average Bonchev–Trinajstić information content (AvgIpc) is 2.77. The Hall–Kier alpha value is -1.78. The summed E-state index contributed by atoms with van der Waals surface area (Å²) in [6.07, 6.45) is 2.96. The van der Waals surface area contributed by atoms with Crippen molar-refractivity contribution in [3.05, 3.63) is 24.0 Å². The highest BCUT2D eigenvalue weighted by Crippen LogP contribution is 2.11. The summed E-state index contributed by atoms with van der Waals surface area (Å²) < 4.78 is 1.82. The molecule has 1 atom stereocenters. The first-order valence-corrected chi connectivity index (χ1v) is 6.17. The van der Waals surface area contributed by atoms with E-state index in [1.807, 2.05) is 31.5 Å². The summed E-state index contributed by atoms with van der Waals surface area (Å²) in [5, 5.41) is 11.6. The fourth-order valence-electron chi connectivity index (χ4n) is 1.81. The molecule has 1 aromatic rings. The second-order valence-corrected chi connectivity index (χ2v) is 4.55. The number of hydrogen-bond acceptors (Lipinski definition) is 2. The summed E-state index contributed by atoms with van der Waals surface area (Å²) in [7, 11) is 0. The molecule has 1 aromatic heterocycles. The fourth-order valence-corrected chi connectivity index (χ4v) is 1.81. The van der Waals surface area contributed by atoms with Crippen LogP contribution in [0.1, 0.15) is 50.1 Å². The van der Waals surface area contributed by atoms with Crippen molar-refractivity contribution in [3.63, 3.8) is 0 Å². The second kappa shape index (κ2) is 6.23. The lowest BCUT2D eigenvalue weighted by molar-refractivity contribution is -0.139. The van der Waals surface area contributed by atoms with E-state index in [0.717, 1.165) is 0 Å². The van der Waals surface area contributed by atoms with E-state index in [4.69, 9.17) is 5.11 Å². The fraction of sp³-hybridized carbons (Fsp3) is 0.538. The van der Waals surface area contributed by atoms with Crippen LogP contribution in [-0.2, 0) is 4.79 Å². The molecule has 0 aliphatic carbocycles. The molecule has 5 heteroatoms. The van der Waals surface area contributed by atoms with E-state index in [-0.39, 0.29) is 11.9 Å². The third-order valence-corrected chi connectivity index (χ3v) is 2.75. The highest BCUT2D eigenvalue weighted by molar-refractivity contribution is 5.95. The molecule has 0 aromatic carbocycles. The monoisotopic (exact) mass is 252 g/mol. The largest absolute Gasteiger partial charge is 0.480 e. The van der Waals surface area contributed by atoms with Gasteiger partial charge in [-0.25, -0.2) is 4.79 Å². The van der Waals surface area contributed by atoms with E-state index < -0.39 is 12.0 Å². The number of nitrogens with one attached hydrogen (secondary N) is 1. The van der Waals surface area contributed by atoms with E-state index in [1.54, 1.807) is 12.1 Å². The standard InChI is InChI=1S/C13H20N2O3/c1-4-6-10(13(17)18)14-12(16)11-7-5-8-15(11)9(2)3/h5,7-10H,4,6H2,1-3H3,(H,14,16)(H,17,18)/t10-/m1/s1. The molecular weight excluding hydrogens is 232 g/mol. The predicted molar refractivity (Wildman–Crippen MR) is 68.6 cm³/mol. The van der Waals surface area contributed by atoms with E-state index in [9.17, 15) is 9.59 Å². The topological polar surface area (TPSA) is 71.3 Å². The van der Waals surface area contributed by atoms with Gasteiger partial charge in [-0.15, -0.1) is 0 Å². The van der Waals surface area contributed by atoms with Crippen LogP contribution in [0.2, 0.25) is 0 Å². The molecule has 0 saturated carbocycles. The first-order valence-electron chi connectivity index (χ1n) is 6.17. The summed E-state index contributed by atoms with van der Waals surface area (Å²) in [6.45, 7) is 5.83. The summed E-state index contributed by atoms with van der Waals surface area (Å²) in [5.74, 6) is -1.33. The van der Waals surface area contributed by atoms with Crippen molar-refractivity contribution in [1.29, 1.82) is 0 Å². The van der Waals surface area contributed by atoms with Crippen molar-refractivity contribution >= 4 is 11.9 Å². The van der Waals surface area contributed by atoms with Gasteiger partial charge in [0.1, 0.15) is 11.7 Å². The van der Waals surface area contributed by atoms with Gasteiger partial charge in [-0.3, -0.25) is 4.79 Å². The van der Waals surface area contributed by atoms with Gasteiger partial charge >= 0.3 is 5.97 Å². The first kappa shape index (κ1) is 14.3. The van der Waals surface area contributed by atoms with Crippen LogP contribution in [0.3, 0.4) is 0 Å². The molecule has 0 spiro atoms. The molecule has 0 fully saturated rings. The van der Waals surface area contributed by atoms with E-state index in [1.165, 1.54) is 0 Å². The van der Waals surface area contributed by atoms with Gasteiger partial charge in [0.15, 0.2) is 0 Å². The number of nitrogens with zero attached hydrogens (tertiary/aromatic N) is 1. The van der Waals surface area contributed by atoms with E-state index >= 15 is 0 Å². The van der Waals surface area contributed by atoms with Gasteiger partial charge in [-0.2, -0.15) is 0 Å². The maximum absolute atomic E-state index is 12.0. The minimum Gasteiger partial charge on any atom is -0.480 e. The molecule has 2 N–H and O–H groups in total. The van der Waals surface area contributed by atoms with Gasteiger partial charge in [-0.1, -0.05) is 13.3 Å². The Kier molecular flexibility index (Phi) is 4.95. The molecule has 1 heterocycles. The van der Waals surface area contributed by atoms with Crippen molar-refractivity contribution in [2.75, 3.05) is 0 Å². The Bertz CT molecular complexity index is 424. The minimum absolute atomic E-state index is 0.162. The summed E-state index contributed by atoms with van der Waals surface area (Å²) >= 11 is 0. The normalized spacial score (nSPS) is 12.4. The Morgan fingerprint density at radius 2 is 2.11 bits per heavy atom. The number of hydrogen-bond donors (Lipinski definition) is 2. The molecule has 0 saturated heterocycles. The zero-order valence-corrected chi connectivity index (χ0v) is 11.0. The van der Waals surface area contributed by atoms with Crippen molar-refractivity contribution < 1.29 is 14.7 Å². The Morgan fingerprint density at radius 1 is 1.44 bits per heavy atom. The second-order valence-electron chi connectivity index (χ2n) is 4.55. The predicted octanol–water partition coefficient (Wildman–Crippen LogP) is 2.05. The lowest BCUT2D eigenvalue weighted by Gasteiger charge is -2.16. The lowest BCUT2D eigenvalue weighted by Crippen LogP contribution is -2.41. The maximum Gasteiger partial charge on any atom is 0.326 e. The zero-order valence-electron chi connectivity index (χ0n) is 11.0. The van der Waals surface area contributed by atoms with Crippen molar-refractivity contribution in [2.45, 2.75) is 45.7 Å². The van der Waals surface area contributed by atoms with E-state index in [0.29, 0.717) is 18.5 Å². The van der Waals surface area contributed by atoms with Crippen LogP contribution in [0.5, 0.6) is 0 Å². The van der Waals surface area contributed by atoms with Crippen LogP contribution in [0.15, 0.2) is 18.3 Å². The third-order valence-electron chi connectivity index (χ3n) is 2.75. The Morgan fingerprint density at radius 3 is 2.61 bits per heavy atom. The molecular formula is C13H20N2O3. The summed E-state index contributed by atoms with van der Waals surface area (Å²) in [6, 6.07) is 2.82. The van der Waals surface area contributed by atoms with Gasteiger partial charge in [0.2, 0.25) is 0 Å². The first-order chi connectivity index (χ1) is 8.47. The smallest absolute Gasteiger partial charge is 0.326 e. The van der Waals surface area contributed by atoms with Crippen LogP contribution in [-0.4, -0.2) is 27.6 Å². The quantitative estimate of drug-likeness (QED) is 0.814. The number of carboxylic acid groups (broad SMARTS) is 1. The van der Waals surface area contributed by atoms with Crippen molar-refractivity contribution in [1.82, 2.24) is 9.88 Å². The van der Waals surface area contributed by atoms with Gasteiger partial charge < -0.3 is 15.0 Å². The molecule has 0 unspecified atom stereocenters. The molecule has 0 radical (unpaired) electrons. The van der Waals surface area contributed by atoms with Gasteiger partial charge in [0.25, 0.3) is 5.91 Å². The summed E-state index contributed by atoms with van der Waals surface area (Å²) in [4.78, 5) is 23.0. The number of aliphatic carboxylic acids is 1. The molecule has 0 aliphatic rings.